The molecule has 4 aromatic rings. The van der Waals surface area contributed by atoms with Crippen LogP contribution in [0, 0.1) is 24.0 Å². The lowest BCUT2D eigenvalue weighted by atomic mass is 9.95. The van der Waals surface area contributed by atoms with Crippen molar-refractivity contribution in [2.45, 2.75) is 82.2 Å². The van der Waals surface area contributed by atoms with Crippen molar-refractivity contribution in [2.75, 3.05) is 31.1 Å². The van der Waals surface area contributed by atoms with Gasteiger partial charge < -0.3 is 20.1 Å². The lowest BCUT2D eigenvalue weighted by molar-refractivity contribution is 0.107. The van der Waals surface area contributed by atoms with Crippen molar-refractivity contribution < 1.29 is 23.0 Å². The number of halogens is 3. The van der Waals surface area contributed by atoms with E-state index in [2.05, 4.69) is 39.9 Å². The van der Waals surface area contributed by atoms with E-state index in [9.17, 15) is 13.9 Å². The number of alkyl halides is 1. The van der Waals surface area contributed by atoms with Gasteiger partial charge in [-0.2, -0.15) is 9.97 Å². The number of phenolic OH excluding ortho intramolecular Hbond substituents is 1. The monoisotopic (exact) mass is 642 g/mol. The van der Waals surface area contributed by atoms with Gasteiger partial charge in [0.05, 0.1) is 22.2 Å². The Kier molecular flexibility index (Phi) is 7.22. The number of nitrogens with zero attached hydrogens (tertiary/aromatic N) is 5. The van der Waals surface area contributed by atoms with Gasteiger partial charge in [0.25, 0.3) is 0 Å². The van der Waals surface area contributed by atoms with E-state index in [1.165, 1.54) is 24.3 Å². The van der Waals surface area contributed by atoms with Crippen LogP contribution in [0.25, 0.3) is 32.9 Å². The van der Waals surface area contributed by atoms with Crippen LogP contribution in [0.5, 0.6) is 11.8 Å². The number of piperazine rings is 1. The maximum Gasteiger partial charge on any atom is 0.319 e. The molecule has 3 fully saturated rings. The van der Waals surface area contributed by atoms with Crippen molar-refractivity contribution in [3.05, 3.63) is 47.2 Å². The molecule has 3 saturated heterocycles. The number of hydrogen-bond donors (Lipinski definition) is 2. The van der Waals surface area contributed by atoms with Gasteiger partial charge in [0, 0.05) is 48.6 Å². The molecule has 0 bridgehead atoms. The molecule has 8 rings (SSSR count). The molecule has 4 aliphatic heterocycles. The van der Waals surface area contributed by atoms with Gasteiger partial charge in [-0.05, 0) is 69.2 Å². The summed E-state index contributed by atoms with van der Waals surface area (Å²) in [5.41, 5.74) is 0.265. The van der Waals surface area contributed by atoms with Gasteiger partial charge in [0.1, 0.15) is 41.4 Å². The van der Waals surface area contributed by atoms with E-state index < -0.39 is 23.3 Å². The molecule has 47 heavy (non-hydrogen) atoms. The predicted octanol–water partition coefficient (Wildman–Crippen LogP) is 5.66. The maximum absolute atomic E-state index is 17.1. The quantitative estimate of drug-likeness (QED) is 0.270. The number of aromatic nitrogens is 3. The van der Waals surface area contributed by atoms with E-state index in [4.69, 9.17) is 21.1 Å². The van der Waals surface area contributed by atoms with E-state index in [-0.39, 0.29) is 64.2 Å². The number of terminal acetylenes is 1. The predicted molar refractivity (Wildman–Crippen MR) is 174 cm³/mol. The standard InChI is InChI=1S/C36H37F3N6O2/c1-4-22-17-45-28(19(3)40-22)10-9-27-30-33(42-35(43-34(30)45)47-18-36-11-6-12-44(36)16-21(37)15-36)31(39)32(41-27)25-14-23(46)13-20-7-8-26(38)24(5-2)29(20)25/h2,7-8,13-14,19,21-22,28,40,46H,4,6,9-12,15-18H2,1,3H3/t19-,21+,22+,28?,36-/m0/s1. The average Bonchev–Trinajstić information content (AvgIpc) is 3.53. The van der Waals surface area contributed by atoms with E-state index in [1.54, 1.807) is 0 Å². The third kappa shape index (κ3) is 4.79. The van der Waals surface area contributed by atoms with Crippen molar-refractivity contribution in [1.82, 2.24) is 25.2 Å². The first-order valence-corrected chi connectivity index (χ1v) is 16.6. The Morgan fingerprint density at radius 1 is 1.17 bits per heavy atom. The number of ether oxygens (including phenoxy) is 1. The SMILES string of the molecule is C#Cc1c(F)ccc2cc(O)cc(-c3nc4c5c(nc(OC[C@@]67CCCN6C[C@H](F)C7)nc5c3F)N3C[C@@H](CC)N[C@@H](C)C3CC4)c12. The van der Waals surface area contributed by atoms with Gasteiger partial charge in [0.15, 0.2) is 5.82 Å². The third-order valence-electron chi connectivity index (χ3n) is 10.8. The zero-order chi connectivity index (χ0) is 32.6. The number of hydrogen-bond acceptors (Lipinski definition) is 8. The number of fused-ring (bicyclic) bond motifs is 4. The minimum absolute atomic E-state index is 0.0223. The molecule has 11 heteroatoms. The van der Waals surface area contributed by atoms with E-state index in [0.717, 1.165) is 32.2 Å². The summed E-state index contributed by atoms with van der Waals surface area (Å²) in [5, 5.41) is 15.7. The van der Waals surface area contributed by atoms with Gasteiger partial charge in [-0.25, -0.2) is 18.2 Å². The number of pyridine rings is 1. The van der Waals surface area contributed by atoms with Crippen LogP contribution >= 0.6 is 0 Å². The van der Waals surface area contributed by atoms with Crippen LogP contribution in [0.1, 0.15) is 57.2 Å². The van der Waals surface area contributed by atoms with E-state index >= 15 is 4.39 Å². The zero-order valence-electron chi connectivity index (χ0n) is 26.5. The Morgan fingerprint density at radius 3 is 2.83 bits per heavy atom. The van der Waals surface area contributed by atoms with E-state index in [0.29, 0.717) is 48.2 Å². The molecular formula is C36H37F3N6O2. The summed E-state index contributed by atoms with van der Waals surface area (Å²) in [6, 6.07) is 5.98. The van der Waals surface area contributed by atoms with Crippen molar-refractivity contribution in [3.8, 4) is 35.4 Å². The summed E-state index contributed by atoms with van der Waals surface area (Å²) in [6.45, 7) is 6.36. The normalized spacial score (nSPS) is 27.1. The van der Waals surface area contributed by atoms with Gasteiger partial charge >= 0.3 is 6.01 Å². The molecule has 2 aromatic heterocycles. The summed E-state index contributed by atoms with van der Waals surface area (Å²) in [6.07, 6.45) is 9.14. The fourth-order valence-corrected chi connectivity index (χ4v) is 8.60. The number of anilines is 1. The van der Waals surface area contributed by atoms with Crippen molar-refractivity contribution in [1.29, 1.82) is 0 Å². The van der Waals surface area contributed by atoms with Crippen LogP contribution in [-0.2, 0) is 6.42 Å². The molecule has 2 aromatic carbocycles. The molecule has 0 spiro atoms. The van der Waals surface area contributed by atoms with Gasteiger partial charge in [-0.15, -0.1) is 6.42 Å². The summed E-state index contributed by atoms with van der Waals surface area (Å²) < 4.78 is 53.0. The number of aromatic hydroxyl groups is 1. The van der Waals surface area contributed by atoms with Gasteiger partial charge in [-0.3, -0.25) is 4.90 Å². The number of aryl methyl sites for hydroxylation is 1. The fraction of sp³-hybridized carbons (Fsp3) is 0.472. The molecule has 0 saturated carbocycles. The molecule has 0 amide bonds. The van der Waals surface area contributed by atoms with Crippen LogP contribution in [0.2, 0.25) is 0 Å². The molecule has 6 heterocycles. The largest absolute Gasteiger partial charge is 0.508 e. The third-order valence-corrected chi connectivity index (χ3v) is 10.8. The Bertz CT molecular complexity index is 1970. The first-order chi connectivity index (χ1) is 22.7. The maximum atomic E-state index is 17.1. The second kappa shape index (κ2) is 11.2. The second-order valence-corrected chi connectivity index (χ2v) is 13.6. The van der Waals surface area contributed by atoms with Crippen molar-refractivity contribution in [2.24, 2.45) is 0 Å². The Morgan fingerprint density at radius 2 is 2.02 bits per heavy atom. The molecule has 0 radical (unpaired) electrons. The summed E-state index contributed by atoms with van der Waals surface area (Å²) in [4.78, 5) is 18.9. The molecule has 244 valence electrons. The first-order valence-electron chi connectivity index (χ1n) is 16.6. The molecule has 0 aliphatic carbocycles. The van der Waals surface area contributed by atoms with Crippen LogP contribution < -0.4 is 15.0 Å². The minimum Gasteiger partial charge on any atom is -0.508 e. The topological polar surface area (TPSA) is 86.6 Å². The number of benzene rings is 2. The molecule has 5 atom stereocenters. The Labute approximate surface area is 271 Å². The fourth-order valence-electron chi connectivity index (χ4n) is 8.60. The lowest BCUT2D eigenvalue weighted by Gasteiger charge is -2.44. The molecule has 8 nitrogen and oxygen atoms in total. The molecular weight excluding hydrogens is 605 g/mol. The van der Waals surface area contributed by atoms with Gasteiger partial charge in [-0.1, -0.05) is 18.9 Å². The highest BCUT2D eigenvalue weighted by atomic mass is 19.1. The molecule has 4 aliphatic rings. The second-order valence-electron chi connectivity index (χ2n) is 13.6. The molecule has 2 N–H and O–H groups in total. The summed E-state index contributed by atoms with van der Waals surface area (Å²) in [7, 11) is 0. The zero-order valence-corrected chi connectivity index (χ0v) is 26.5. The lowest BCUT2D eigenvalue weighted by Crippen LogP contribution is -2.61. The minimum atomic E-state index is -0.918. The Balaban J connectivity index is 1.34. The molecule has 1 unspecified atom stereocenters. The van der Waals surface area contributed by atoms with E-state index in [1.807, 2.05) is 0 Å². The van der Waals surface area contributed by atoms with Crippen molar-refractivity contribution in [3.63, 3.8) is 0 Å². The van der Waals surface area contributed by atoms with Gasteiger partial charge in [0.2, 0.25) is 0 Å². The average molecular weight is 643 g/mol. The smallest absolute Gasteiger partial charge is 0.319 e. The number of rotatable bonds is 5. The van der Waals surface area contributed by atoms with Crippen LogP contribution in [-0.4, -0.2) is 81.0 Å². The van der Waals surface area contributed by atoms with Crippen molar-refractivity contribution >= 4 is 27.5 Å². The van der Waals surface area contributed by atoms with Crippen LogP contribution in [0.15, 0.2) is 24.3 Å². The summed E-state index contributed by atoms with van der Waals surface area (Å²) in [5.74, 6) is 1.48. The highest BCUT2D eigenvalue weighted by Crippen LogP contribution is 2.44. The first kappa shape index (κ1) is 30.2. The number of nitrogens with one attached hydrogen (secondary N) is 1. The highest BCUT2D eigenvalue weighted by molar-refractivity contribution is 6.03. The summed E-state index contributed by atoms with van der Waals surface area (Å²) >= 11 is 0. The van der Waals surface area contributed by atoms with Crippen LogP contribution in [0.3, 0.4) is 0 Å². The highest BCUT2D eigenvalue weighted by Gasteiger charge is 2.49. The van der Waals surface area contributed by atoms with Crippen LogP contribution in [0.4, 0.5) is 19.0 Å². The Hall–Kier alpha value is -4.14. The number of phenols is 1.